The Kier molecular flexibility index (Phi) is 9.16. The van der Waals surface area contributed by atoms with Gasteiger partial charge in [-0.15, -0.1) is 15.3 Å². The van der Waals surface area contributed by atoms with Crippen LogP contribution in [0.15, 0.2) is 29.6 Å². The van der Waals surface area contributed by atoms with Gasteiger partial charge in [-0.25, -0.2) is 0 Å². The third-order valence-electron chi connectivity index (χ3n) is 4.82. The van der Waals surface area contributed by atoms with Crippen LogP contribution in [0.4, 0.5) is 5.69 Å². The zero-order chi connectivity index (χ0) is 24.5. The molecule has 0 spiro atoms. The number of hydrogen-bond acceptors (Lipinski definition) is 9. The highest BCUT2D eigenvalue weighted by atomic mass is 32.2. The van der Waals surface area contributed by atoms with Crippen LogP contribution in [0.2, 0.25) is 0 Å². The number of thioether (sulfide) groups is 1. The van der Waals surface area contributed by atoms with Gasteiger partial charge in [0.05, 0.1) is 45.4 Å². The highest BCUT2D eigenvalue weighted by molar-refractivity contribution is 7.99. The van der Waals surface area contributed by atoms with Crippen LogP contribution in [-0.2, 0) is 22.6 Å². The average Bonchev–Trinajstić information content (AvgIpc) is 3.45. The Bertz CT molecular complexity index is 1100. The minimum Gasteiger partial charge on any atom is -0.497 e. The highest BCUT2D eigenvalue weighted by Crippen LogP contribution is 2.32. The number of methoxy groups -OCH3 is 3. The van der Waals surface area contributed by atoms with E-state index in [1.165, 1.54) is 18.9 Å². The van der Waals surface area contributed by atoms with E-state index in [2.05, 4.69) is 20.6 Å². The van der Waals surface area contributed by atoms with Gasteiger partial charge in [0.2, 0.25) is 11.8 Å². The summed E-state index contributed by atoms with van der Waals surface area (Å²) in [5.74, 6) is 2.19. The van der Waals surface area contributed by atoms with Gasteiger partial charge in [-0.3, -0.25) is 14.0 Å². The minimum absolute atomic E-state index is 0.132. The molecule has 0 bridgehead atoms. The van der Waals surface area contributed by atoms with E-state index in [-0.39, 0.29) is 11.7 Å². The van der Waals surface area contributed by atoms with Crippen LogP contribution in [0.3, 0.4) is 0 Å². The molecule has 11 nitrogen and oxygen atoms in total. The van der Waals surface area contributed by atoms with E-state index in [0.717, 1.165) is 5.56 Å². The molecule has 0 aliphatic rings. The largest absolute Gasteiger partial charge is 0.497 e. The number of rotatable bonds is 13. The van der Waals surface area contributed by atoms with E-state index in [9.17, 15) is 4.79 Å². The second kappa shape index (κ2) is 12.3. The zero-order valence-electron chi connectivity index (χ0n) is 20.0. The SMILES string of the molecule is CCOc1nn(CC)cc1-c1nnc(SCC(=O)Nc2ccc(OC)cc2OC)n1CCOC. The van der Waals surface area contributed by atoms with E-state index >= 15 is 0 Å². The molecule has 1 aromatic carbocycles. The lowest BCUT2D eigenvalue weighted by molar-refractivity contribution is -0.113. The van der Waals surface area contributed by atoms with Crippen molar-refractivity contribution >= 4 is 23.4 Å². The highest BCUT2D eigenvalue weighted by Gasteiger charge is 2.21. The number of aryl methyl sites for hydroxylation is 1. The van der Waals surface area contributed by atoms with Crippen LogP contribution in [0.1, 0.15) is 13.8 Å². The molecular formula is C22H30N6O5S. The zero-order valence-corrected chi connectivity index (χ0v) is 20.8. The number of carbonyl (C=O) groups is 1. The van der Waals surface area contributed by atoms with Crippen LogP contribution >= 0.6 is 11.8 Å². The third-order valence-corrected chi connectivity index (χ3v) is 5.79. The van der Waals surface area contributed by atoms with E-state index < -0.39 is 0 Å². The fraction of sp³-hybridized carbons (Fsp3) is 0.455. The summed E-state index contributed by atoms with van der Waals surface area (Å²) in [4.78, 5) is 12.7. The molecule has 1 amide bonds. The predicted molar refractivity (Wildman–Crippen MR) is 129 cm³/mol. The molecule has 0 radical (unpaired) electrons. The smallest absolute Gasteiger partial charge is 0.243 e. The van der Waals surface area contributed by atoms with Crippen LogP contribution in [0.5, 0.6) is 17.4 Å². The molecule has 34 heavy (non-hydrogen) atoms. The molecule has 0 aliphatic carbocycles. The van der Waals surface area contributed by atoms with Gasteiger partial charge in [-0.1, -0.05) is 11.8 Å². The summed E-state index contributed by atoms with van der Waals surface area (Å²) in [6.07, 6.45) is 1.88. The number of carbonyl (C=O) groups excluding carboxylic acids is 1. The van der Waals surface area contributed by atoms with Gasteiger partial charge in [-0.05, 0) is 26.0 Å². The Hall–Kier alpha value is -3.25. The van der Waals surface area contributed by atoms with Crippen LogP contribution in [0.25, 0.3) is 11.4 Å². The normalized spacial score (nSPS) is 10.9. The van der Waals surface area contributed by atoms with Gasteiger partial charge >= 0.3 is 0 Å². The summed E-state index contributed by atoms with van der Waals surface area (Å²) in [5.41, 5.74) is 1.30. The quantitative estimate of drug-likeness (QED) is 0.361. The Morgan fingerprint density at radius 2 is 1.97 bits per heavy atom. The summed E-state index contributed by atoms with van der Waals surface area (Å²) in [6, 6.07) is 5.20. The maximum atomic E-state index is 12.7. The molecule has 184 valence electrons. The first kappa shape index (κ1) is 25.4. The second-order valence-corrected chi connectivity index (χ2v) is 7.93. The fourth-order valence-electron chi connectivity index (χ4n) is 3.16. The van der Waals surface area contributed by atoms with Crippen molar-refractivity contribution in [3.8, 4) is 28.8 Å². The van der Waals surface area contributed by atoms with Crippen molar-refractivity contribution in [1.82, 2.24) is 24.5 Å². The second-order valence-electron chi connectivity index (χ2n) is 6.99. The molecule has 0 atom stereocenters. The first-order valence-electron chi connectivity index (χ1n) is 10.8. The number of ether oxygens (including phenoxy) is 4. The van der Waals surface area contributed by atoms with Crippen molar-refractivity contribution in [3.05, 3.63) is 24.4 Å². The van der Waals surface area contributed by atoms with E-state index in [1.807, 2.05) is 24.6 Å². The lowest BCUT2D eigenvalue weighted by Crippen LogP contribution is -2.15. The fourth-order valence-corrected chi connectivity index (χ4v) is 3.92. The van der Waals surface area contributed by atoms with Gasteiger partial charge in [0, 0.05) is 25.9 Å². The number of hydrogen-bond donors (Lipinski definition) is 1. The molecule has 0 aliphatic heterocycles. The van der Waals surface area contributed by atoms with Crippen LogP contribution in [0, 0.1) is 0 Å². The van der Waals surface area contributed by atoms with Crippen molar-refractivity contribution in [3.63, 3.8) is 0 Å². The lowest BCUT2D eigenvalue weighted by Gasteiger charge is -2.12. The molecule has 2 heterocycles. The Labute approximate surface area is 202 Å². The molecule has 3 aromatic rings. The first-order chi connectivity index (χ1) is 16.5. The van der Waals surface area contributed by atoms with Gasteiger partial charge in [0.1, 0.15) is 17.1 Å². The summed E-state index contributed by atoms with van der Waals surface area (Å²) in [7, 11) is 4.74. The Balaban J connectivity index is 1.78. The molecule has 3 rings (SSSR count). The molecule has 0 saturated heterocycles. The van der Waals surface area contributed by atoms with Gasteiger partial charge in [0.15, 0.2) is 11.0 Å². The maximum absolute atomic E-state index is 12.7. The van der Waals surface area contributed by atoms with Crippen molar-refractivity contribution in [2.24, 2.45) is 0 Å². The number of amides is 1. The molecule has 12 heteroatoms. The van der Waals surface area contributed by atoms with Crippen molar-refractivity contribution in [2.45, 2.75) is 32.1 Å². The molecule has 2 aromatic heterocycles. The Morgan fingerprint density at radius 3 is 2.65 bits per heavy atom. The maximum Gasteiger partial charge on any atom is 0.243 e. The molecule has 0 unspecified atom stereocenters. The molecule has 0 saturated carbocycles. The topological polar surface area (TPSA) is 115 Å². The predicted octanol–water partition coefficient (Wildman–Crippen LogP) is 2.95. The summed E-state index contributed by atoms with van der Waals surface area (Å²) >= 11 is 1.28. The third kappa shape index (κ3) is 6.00. The molecule has 0 fully saturated rings. The number of anilines is 1. The van der Waals surface area contributed by atoms with E-state index in [4.69, 9.17) is 18.9 Å². The number of nitrogens with zero attached hydrogens (tertiary/aromatic N) is 5. The van der Waals surface area contributed by atoms with Gasteiger partial charge < -0.3 is 24.3 Å². The summed E-state index contributed by atoms with van der Waals surface area (Å²) in [6.45, 7) is 6.05. The van der Waals surface area contributed by atoms with E-state index in [0.29, 0.717) is 60.4 Å². The van der Waals surface area contributed by atoms with Crippen LogP contribution in [-0.4, -0.2) is 70.7 Å². The number of benzene rings is 1. The van der Waals surface area contributed by atoms with Gasteiger partial charge in [-0.2, -0.15) is 0 Å². The Morgan fingerprint density at radius 1 is 1.15 bits per heavy atom. The summed E-state index contributed by atoms with van der Waals surface area (Å²) in [5, 5.41) is 16.6. The number of nitrogens with one attached hydrogen (secondary N) is 1. The standard InChI is InChI=1S/C22H30N6O5S/c1-6-27-13-16(21(26-27)33-7-2)20-24-25-22(28(20)10-11-30-3)34-14-19(29)23-17-9-8-15(31-4)12-18(17)32-5/h8-9,12-13H,6-7,10-11,14H2,1-5H3,(H,23,29). The molecule has 1 N–H and O–H groups in total. The lowest BCUT2D eigenvalue weighted by atomic mass is 10.2. The van der Waals surface area contributed by atoms with E-state index in [1.54, 1.807) is 37.1 Å². The van der Waals surface area contributed by atoms with Gasteiger partial charge in [0.25, 0.3) is 0 Å². The van der Waals surface area contributed by atoms with Crippen molar-refractivity contribution < 1.29 is 23.7 Å². The van der Waals surface area contributed by atoms with Crippen LogP contribution < -0.4 is 19.5 Å². The average molecular weight is 491 g/mol. The minimum atomic E-state index is -0.204. The monoisotopic (exact) mass is 490 g/mol. The van der Waals surface area contributed by atoms with Crippen molar-refractivity contribution in [1.29, 1.82) is 0 Å². The molecular weight excluding hydrogens is 460 g/mol. The van der Waals surface area contributed by atoms with Crippen molar-refractivity contribution in [2.75, 3.05) is 45.6 Å². The summed E-state index contributed by atoms with van der Waals surface area (Å²) < 4.78 is 25.2. The number of aromatic nitrogens is 5. The first-order valence-corrected chi connectivity index (χ1v) is 11.8.